The molecule has 1 aromatic carbocycles. The van der Waals surface area contributed by atoms with E-state index < -0.39 is 5.97 Å². The molecule has 3 N–H and O–H groups in total. The Balaban J connectivity index is 1.52. The van der Waals surface area contributed by atoms with E-state index in [0.717, 1.165) is 5.69 Å². The van der Waals surface area contributed by atoms with Crippen LogP contribution in [0, 0.1) is 0 Å². The Morgan fingerprint density at radius 2 is 2.04 bits per heavy atom. The Labute approximate surface area is 146 Å². The van der Waals surface area contributed by atoms with E-state index in [1.165, 1.54) is 42.2 Å². The molecule has 7 nitrogen and oxygen atoms in total. The van der Waals surface area contributed by atoms with Crippen molar-refractivity contribution in [3.63, 3.8) is 0 Å². The van der Waals surface area contributed by atoms with Crippen LogP contribution in [0.2, 0.25) is 5.02 Å². The third kappa shape index (κ3) is 3.91. The highest BCUT2D eigenvalue weighted by Crippen LogP contribution is 2.25. The van der Waals surface area contributed by atoms with Crippen molar-refractivity contribution in [1.29, 1.82) is 0 Å². The van der Waals surface area contributed by atoms with Crippen molar-refractivity contribution in [2.45, 2.75) is 0 Å². The van der Waals surface area contributed by atoms with Crippen molar-refractivity contribution in [2.75, 3.05) is 11.1 Å². The minimum Gasteiger partial charge on any atom is -0.545 e. The van der Waals surface area contributed by atoms with Crippen LogP contribution in [-0.2, 0) is 4.79 Å². The smallest absolute Gasteiger partial charge is 0.268 e. The number of rotatable bonds is 4. The fraction of sp³-hybridized carbons (Fsp3) is 0.0667. The Kier molecular flexibility index (Phi) is 4.79. The van der Waals surface area contributed by atoms with Gasteiger partial charge in [-0.1, -0.05) is 23.7 Å². The van der Waals surface area contributed by atoms with Crippen LogP contribution in [0.4, 0.5) is 17.2 Å². The van der Waals surface area contributed by atoms with E-state index in [-0.39, 0.29) is 17.2 Å². The van der Waals surface area contributed by atoms with Gasteiger partial charge in [0.25, 0.3) is 5.17 Å². The molecule has 2 aromatic rings. The second-order valence-corrected chi connectivity index (χ2v) is 6.29. The SMILES string of the molecule is O=C(CSC1=Nc2ncc(Cl)cc2[NH2+]1)Nc1ccc(C(=O)[O-])cc1. The largest absolute Gasteiger partial charge is 0.545 e. The highest BCUT2D eigenvalue weighted by molar-refractivity contribution is 8.13. The number of anilines is 1. The highest BCUT2D eigenvalue weighted by atomic mass is 35.5. The van der Waals surface area contributed by atoms with Crippen LogP contribution in [0.3, 0.4) is 0 Å². The highest BCUT2D eigenvalue weighted by Gasteiger charge is 2.22. The van der Waals surface area contributed by atoms with Crippen LogP contribution in [0.15, 0.2) is 41.5 Å². The Morgan fingerprint density at radius 1 is 1.29 bits per heavy atom. The summed E-state index contributed by atoms with van der Waals surface area (Å²) in [4.78, 5) is 31.0. The van der Waals surface area contributed by atoms with Crippen LogP contribution in [-0.4, -0.2) is 27.8 Å². The number of nitrogens with two attached hydrogens (primary N) is 1. The number of carboxylic acid groups (broad SMARTS) is 1. The number of aromatic carboxylic acids is 1. The summed E-state index contributed by atoms with van der Waals surface area (Å²) in [6, 6.07) is 7.53. The van der Waals surface area contributed by atoms with Gasteiger partial charge in [0, 0.05) is 18.0 Å². The number of hydrogen-bond acceptors (Lipinski definition) is 6. The summed E-state index contributed by atoms with van der Waals surface area (Å²) in [7, 11) is 0. The summed E-state index contributed by atoms with van der Waals surface area (Å²) in [6.45, 7) is 0. The van der Waals surface area contributed by atoms with Crippen molar-refractivity contribution < 1.29 is 20.0 Å². The molecule has 0 bridgehead atoms. The van der Waals surface area contributed by atoms with Crippen molar-refractivity contribution in [3.05, 3.63) is 47.1 Å². The van der Waals surface area contributed by atoms with Crippen LogP contribution in [0.25, 0.3) is 0 Å². The number of benzene rings is 1. The van der Waals surface area contributed by atoms with Crippen molar-refractivity contribution >= 4 is 57.6 Å². The fourth-order valence-electron chi connectivity index (χ4n) is 2.02. The zero-order valence-corrected chi connectivity index (χ0v) is 13.7. The lowest BCUT2D eigenvalue weighted by Gasteiger charge is -2.06. The van der Waals surface area contributed by atoms with Gasteiger partial charge in [-0.05, 0) is 29.5 Å². The summed E-state index contributed by atoms with van der Waals surface area (Å²) in [5, 5.41) is 16.4. The van der Waals surface area contributed by atoms with E-state index in [9.17, 15) is 14.7 Å². The topological polar surface area (TPSA) is 111 Å². The van der Waals surface area contributed by atoms with E-state index in [4.69, 9.17) is 11.6 Å². The molecule has 1 amide bonds. The second-order valence-electron chi connectivity index (χ2n) is 4.86. The molecule has 9 heteroatoms. The molecule has 0 aliphatic carbocycles. The van der Waals surface area contributed by atoms with Gasteiger partial charge >= 0.3 is 0 Å². The number of aliphatic imine (C=N–C) groups is 1. The van der Waals surface area contributed by atoms with Gasteiger partial charge in [-0.3, -0.25) is 10.1 Å². The number of amides is 1. The van der Waals surface area contributed by atoms with Gasteiger partial charge in [0.2, 0.25) is 11.7 Å². The number of fused-ring (bicyclic) bond motifs is 1. The van der Waals surface area contributed by atoms with Crippen molar-refractivity contribution in [1.82, 2.24) is 4.98 Å². The molecule has 0 spiro atoms. The molecule has 0 fully saturated rings. The first-order valence-corrected chi connectivity index (χ1v) is 8.21. The minimum absolute atomic E-state index is 0.0567. The van der Waals surface area contributed by atoms with Gasteiger partial charge in [0.15, 0.2) is 5.69 Å². The van der Waals surface area contributed by atoms with Gasteiger partial charge in [0.1, 0.15) is 0 Å². The van der Waals surface area contributed by atoms with E-state index in [1.807, 2.05) is 5.32 Å². The van der Waals surface area contributed by atoms with E-state index >= 15 is 0 Å². The molecule has 0 unspecified atom stereocenters. The van der Waals surface area contributed by atoms with Crippen LogP contribution < -0.4 is 15.7 Å². The maximum absolute atomic E-state index is 11.9. The first kappa shape index (κ1) is 16.4. The predicted molar refractivity (Wildman–Crippen MR) is 89.8 cm³/mol. The van der Waals surface area contributed by atoms with Gasteiger partial charge < -0.3 is 15.2 Å². The second kappa shape index (κ2) is 7.00. The number of halogens is 1. The molecular weight excluding hydrogens is 352 g/mol. The molecule has 2 heterocycles. The number of aromatic nitrogens is 1. The zero-order valence-electron chi connectivity index (χ0n) is 12.2. The van der Waals surface area contributed by atoms with E-state index in [2.05, 4.69) is 15.3 Å². The van der Waals surface area contributed by atoms with Crippen LogP contribution in [0.5, 0.6) is 0 Å². The number of carbonyl (C=O) groups excluding carboxylic acids is 2. The molecular formula is C15H11ClN4O3S. The standard InChI is InChI=1S/C15H11ClN4O3S/c16-9-5-11-13(17-6-9)20-15(19-11)24-7-12(21)18-10-3-1-8(2-4-10)14(22)23/h1-6H,7H2,(H,18,21)(H,22,23)(H,17,19,20). The van der Waals surface area contributed by atoms with Gasteiger partial charge in [-0.25, -0.2) is 4.98 Å². The van der Waals surface area contributed by atoms with Crippen molar-refractivity contribution in [3.8, 4) is 0 Å². The lowest BCUT2D eigenvalue weighted by molar-refractivity contribution is -0.432. The summed E-state index contributed by atoms with van der Waals surface area (Å²) in [5.74, 6) is -0.731. The quantitative estimate of drug-likeness (QED) is 0.830. The van der Waals surface area contributed by atoms with Gasteiger partial charge in [-0.15, -0.1) is 0 Å². The lowest BCUT2D eigenvalue weighted by Crippen LogP contribution is -2.79. The minimum atomic E-state index is -1.26. The third-order valence-corrected chi connectivity index (χ3v) is 4.23. The lowest BCUT2D eigenvalue weighted by atomic mass is 10.2. The van der Waals surface area contributed by atoms with E-state index in [0.29, 0.717) is 21.7 Å². The van der Waals surface area contributed by atoms with Crippen LogP contribution in [0.1, 0.15) is 10.4 Å². The van der Waals surface area contributed by atoms with Crippen molar-refractivity contribution in [2.24, 2.45) is 4.99 Å². The number of amidine groups is 1. The molecule has 3 rings (SSSR count). The maximum Gasteiger partial charge on any atom is 0.268 e. The monoisotopic (exact) mass is 362 g/mol. The summed E-state index contributed by atoms with van der Waals surface area (Å²) in [6.07, 6.45) is 1.52. The van der Waals surface area contributed by atoms with Crippen LogP contribution >= 0.6 is 23.4 Å². The molecule has 122 valence electrons. The average molecular weight is 363 g/mol. The Morgan fingerprint density at radius 3 is 2.75 bits per heavy atom. The van der Waals surface area contributed by atoms with E-state index in [1.54, 1.807) is 6.07 Å². The molecule has 0 radical (unpaired) electrons. The molecule has 1 aliphatic heterocycles. The Hall–Kier alpha value is -2.42. The Bertz CT molecular complexity index is 839. The van der Waals surface area contributed by atoms with Gasteiger partial charge in [-0.2, -0.15) is 4.99 Å². The summed E-state index contributed by atoms with van der Waals surface area (Å²) < 4.78 is 0. The number of quaternary nitrogens is 1. The molecule has 24 heavy (non-hydrogen) atoms. The van der Waals surface area contributed by atoms with Gasteiger partial charge in [0.05, 0.1) is 16.7 Å². The predicted octanol–water partition coefficient (Wildman–Crippen LogP) is 0.666. The zero-order chi connectivity index (χ0) is 17.1. The normalized spacial score (nSPS) is 12.5. The number of thioether (sulfide) groups is 1. The third-order valence-electron chi connectivity index (χ3n) is 3.11. The number of nitrogens with one attached hydrogen (secondary N) is 1. The maximum atomic E-state index is 11.9. The number of carbonyl (C=O) groups is 2. The number of hydrogen-bond donors (Lipinski definition) is 2. The molecule has 0 atom stereocenters. The fourth-order valence-corrected chi connectivity index (χ4v) is 2.90. The number of pyridine rings is 1. The average Bonchev–Trinajstić information content (AvgIpc) is 2.95. The summed E-state index contributed by atoms with van der Waals surface area (Å²) in [5.41, 5.74) is 1.39. The summed E-state index contributed by atoms with van der Waals surface area (Å²) >= 11 is 7.15. The molecule has 1 aromatic heterocycles. The molecule has 0 saturated carbocycles. The number of nitrogens with zero attached hydrogens (tertiary/aromatic N) is 2. The molecule has 0 saturated heterocycles. The number of carboxylic acids is 1. The first-order valence-electron chi connectivity index (χ1n) is 6.84. The molecule has 1 aliphatic rings. The first-order chi connectivity index (χ1) is 11.5.